The van der Waals surface area contributed by atoms with Crippen LogP contribution in [0.5, 0.6) is 0 Å². The van der Waals surface area contributed by atoms with Crippen molar-refractivity contribution in [2.24, 2.45) is 0 Å². The third kappa shape index (κ3) is 1.10. The highest BCUT2D eigenvalue weighted by molar-refractivity contribution is 5.18. The summed E-state index contributed by atoms with van der Waals surface area (Å²) in [6, 6.07) is 0. The van der Waals surface area contributed by atoms with Gasteiger partial charge in [-0.15, -0.1) is 0 Å². The minimum Gasteiger partial charge on any atom is -0.386 e. The Balaban J connectivity index is 2.21. The third-order valence-electron chi connectivity index (χ3n) is 2.63. The lowest BCUT2D eigenvalue weighted by molar-refractivity contribution is -0.0191. The maximum Gasteiger partial charge on any atom is 0.101 e. The largest absolute Gasteiger partial charge is 0.386 e. The topological polar surface area (TPSA) is 29.5 Å². The van der Waals surface area contributed by atoms with E-state index in [4.69, 9.17) is 4.74 Å². The van der Waals surface area contributed by atoms with Gasteiger partial charge in [0.05, 0.1) is 12.2 Å². The van der Waals surface area contributed by atoms with Crippen LogP contribution in [0, 0.1) is 0 Å². The molecular weight excluding hydrogens is 140 g/mol. The van der Waals surface area contributed by atoms with E-state index in [2.05, 4.69) is 13.0 Å². The van der Waals surface area contributed by atoms with Crippen LogP contribution in [-0.2, 0) is 4.74 Å². The average Bonchev–Trinajstić information content (AvgIpc) is 2.42. The molecule has 2 bridgehead atoms. The van der Waals surface area contributed by atoms with Gasteiger partial charge in [0.2, 0.25) is 0 Å². The van der Waals surface area contributed by atoms with Gasteiger partial charge < -0.3 is 9.84 Å². The van der Waals surface area contributed by atoms with Crippen molar-refractivity contribution in [3.63, 3.8) is 0 Å². The van der Waals surface area contributed by atoms with Gasteiger partial charge in [-0.3, -0.25) is 0 Å². The van der Waals surface area contributed by atoms with Gasteiger partial charge in [0, 0.05) is 0 Å². The molecule has 0 aliphatic carbocycles. The van der Waals surface area contributed by atoms with Crippen molar-refractivity contribution in [3.05, 3.63) is 11.6 Å². The molecule has 62 valence electrons. The predicted molar refractivity (Wildman–Crippen MR) is 42.3 cm³/mol. The number of aliphatic hydroxyl groups excluding tert-OH is 1. The molecular formula is C9H14O2. The first-order chi connectivity index (χ1) is 5.31. The van der Waals surface area contributed by atoms with Gasteiger partial charge in [-0.05, 0) is 24.8 Å². The first-order valence-electron chi connectivity index (χ1n) is 4.35. The summed E-state index contributed by atoms with van der Waals surface area (Å²) in [4.78, 5) is 0. The zero-order valence-electron chi connectivity index (χ0n) is 6.79. The summed E-state index contributed by atoms with van der Waals surface area (Å²) < 4.78 is 5.52. The van der Waals surface area contributed by atoms with Crippen LogP contribution < -0.4 is 0 Å². The smallest absolute Gasteiger partial charge is 0.101 e. The highest BCUT2D eigenvalue weighted by atomic mass is 16.5. The molecule has 0 saturated carbocycles. The van der Waals surface area contributed by atoms with Crippen LogP contribution >= 0.6 is 0 Å². The number of hydrogen-bond acceptors (Lipinski definition) is 2. The van der Waals surface area contributed by atoms with Crippen LogP contribution in [0.1, 0.15) is 26.2 Å². The summed E-state index contributed by atoms with van der Waals surface area (Å²) in [5, 5.41) is 9.66. The minimum absolute atomic E-state index is 0.0972. The van der Waals surface area contributed by atoms with Crippen molar-refractivity contribution >= 4 is 0 Å². The molecule has 1 saturated heterocycles. The van der Waals surface area contributed by atoms with Crippen molar-refractivity contribution in [2.75, 3.05) is 0 Å². The minimum atomic E-state index is -0.321. The van der Waals surface area contributed by atoms with Crippen molar-refractivity contribution in [1.82, 2.24) is 0 Å². The fraction of sp³-hybridized carbons (Fsp3) is 0.778. The number of ether oxygens (including phenoxy) is 1. The highest BCUT2D eigenvalue weighted by Crippen LogP contribution is 2.32. The zero-order chi connectivity index (χ0) is 7.84. The van der Waals surface area contributed by atoms with E-state index in [1.54, 1.807) is 0 Å². The van der Waals surface area contributed by atoms with E-state index in [1.807, 2.05) is 0 Å². The molecule has 1 N–H and O–H groups in total. The molecule has 0 aromatic carbocycles. The van der Waals surface area contributed by atoms with Crippen molar-refractivity contribution in [3.8, 4) is 0 Å². The normalized spacial score (nSPS) is 42.4. The Morgan fingerprint density at radius 2 is 2.45 bits per heavy atom. The van der Waals surface area contributed by atoms with Gasteiger partial charge in [-0.1, -0.05) is 13.0 Å². The van der Waals surface area contributed by atoms with Gasteiger partial charge >= 0.3 is 0 Å². The zero-order valence-corrected chi connectivity index (χ0v) is 6.79. The van der Waals surface area contributed by atoms with E-state index in [0.717, 1.165) is 19.3 Å². The van der Waals surface area contributed by atoms with Crippen molar-refractivity contribution in [2.45, 2.75) is 44.5 Å². The summed E-state index contributed by atoms with van der Waals surface area (Å²) in [7, 11) is 0. The fourth-order valence-corrected chi connectivity index (χ4v) is 1.95. The van der Waals surface area contributed by atoms with Crippen LogP contribution in [0.25, 0.3) is 0 Å². The van der Waals surface area contributed by atoms with Gasteiger partial charge in [-0.2, -0.15) is 0 Å². The maximum atomic E-state index is 9.66. The third-order valence-corrected chi connectivity index (χ3v) is 2.63. The van der Waals surface area contributed by atoms with E-state index >= 15 is 0 Å². The summed E-state index contributed by atoms with van der Waals surface area (Å²) in [5.41, 5.74) is 1.17. The Hall–Kier alpha value is -0.340. The average molecular weight is 154 g/mol. The number of fused-ring (bicyclic) bond motifs is 2. The Kier molecular flexibility index (Phi) is 1.74. The first kappa shape index (κ1) is 7.32. The number of rotatable bonds is 1. The Bertz CT molecular complexity index is 186. The molecule has 2 aliphatic heterocycles. The Morgan fingerprint density at radius 3 is 3.18 bits per heavy atom. The van der Waals surface area contributed by atoms with Crippen molar-refractivity contribution in [1.29, 1.82) is 0 Å². The highest BCUT2D eigenvalue weighted by Gasteiger charge is 2.35. The molecule has 0 amide bonds. The Labute approximate surface area is 66.9 Å². The van der Waals surface area contributed by atoms with Gasteiger partial charge in [0.25, 0.3) is 0 Å². The summed E-state index contributed by atoms with van der Waals surface area (Å²) in [6.45, 7) is 2.08. The molecule has 2 nitrogen and oxygen atoms in total. The molecule has 0 aromatic heterocycles. The van der Waals surface area contributed by atoms with Crippen LogP contribution in [0.2, 0.25) is 0 Å². The SMILES string of the molecule is CCC1=CC2CCC(O2)C1O. The molecule has 3 atom stereocenters. The predicted octanol–water partition coefficient (Wildman–Crippen LogP) is 1.24. The van der Waals surface area contributed by atoms with Gasteiger partial charge in [0.1, 0.15) is 6.10 Å². The first-order valence-corrected chi connectivity index (χ1v) is 4.35. The molecule has 2 rings (SSSR count). The molecule has 0 spiro atoms. The van der Waals surface area contributed by atoms with E-state index in [0.29, 0.717) is 6.10 Å². The number of aliphatic hydroxyl groups is 1. The molecule has 11 heavy (non-hydrogen) atoms. The van der Waals surface area contributed by atoms with E-state index < -0.39 is 0 Å². The maximum absolute atomic E-state index is 9.66. The molecule has 2 aliphatic rings. The second-order valence-electron chi connectivity index (χ2n) is 3.33. The monoisotopic (exact) mass is 154 g/mol. The molecule has 0 aromatic rings. The van der Waals surface area contributed by atoms with Gasteiger partial charge in [-0.25, -0.2) is 0 Å². The molecule has 0 radical (unpaired) electrons. The quantitative estimate of drug-likeness (QED) is 0.576. The second kappa shape index (κ2) is 2.61. The second-order valence-corrected chi connectivity index (χ2v) is 3.33. The Morgan fingerprint density at radius 1 is 1.64 bits per heavy atom. The summed E-state index contributed by atoms with van der Waals surface area (Å²) in [5.74, 6) is 0. The van der Waals surface area contributed by atoms with E-state index in [1.165, 1.54) is 5.57 Å². The van der Waals surface area contributed by atoms with Crippen molar-refractivity contribution < 1.29 is 9.84 Å². The lowest BCUT2D eigenvalue weighted by atomic mass is 10.0. The van der Waals surface area contributed by atoms with Gasteiger partial charge in [0.15, 0.2) is 0 Å². The lowest BCUT2D eigenvalue weighted by Crippen LogP contribution is -2.31. The number of hydrogen-bond donors (Lipinski definition) is 1. The molecule has 3 unspecified atom stereocenters. The lowest BCUT2D eigenvalue weighted by Gasteiger charge is -2.25. The van der Waals surface area contributed by atoms with E-state index in [9.17, 15) is 5.11 Å². The fourth-order valence-electron chi connectivity index (χ4n) is 1.95. The molecule has 2 heterocycles. The summed E-state index contributed by atoms with van der Waals surface area (Å²) in [6.07, 6.45) is 5.24. The summed E-state index contributed by atoms with van der Waals surface area (Å²) >= 11 is 0. The van der Waals surface area contributed by atoms with Crippen LogP contribution in [0.4, 0.5) is 0 Å². The van der Waals surface area contributed by atoms with Crippen LogP contribution in [0.3, 0.4) is 0 Å². The standard InChI is InChI=1S/C9H14O2/c1-2-6-5-7-3-4-8(11-7)9(6)10/h5,7-10H,2-4H2,1H3. The molecule has 2 heteroatoms. The van der Waals surface area contributed by atoms with E-state index in [-0.39, 0.29) is 12.2 Å². The molecule has 1 fully saturated rings. The van der Waals surface area contributed by atoms with Crippen LogP contribution in [-0.4, -0.2) is 23.4 Å². The van der Waals surface area contributed by atoms with Crippen LogP contribution in [0.15, 0.2) is 11.6 Å².